The Morgan fingerprint density at radius 3 is 2.36 bits per heavy atom. The Balaban J connectivity index is 2.09. The van der Waals surface area contributed by atoms with Crippen LogP contribution in [0.2, 0.25) is 0 Å². The minimum atomic E-state index is -0.656. The van der Waals surface area contributed by atoms with Crippen LogP contribution in [0.1, 0.15) is 61.9 Å². The number of aliphatic hydroxyl groups excluding tert-OH is 1. The van der Waals surface area contributed by atoms with E-state index in [1.807, 2.05) is 31.2 Å². The molecule has 36 heavy (non-hydrogen) atoms. The van der Waals surface area contributed by atoms with Gasteiger partial charge in [-0.1, -0.05) is 64.6 Å². The molecule has 1 heterocycles. The van der Waals surface area contributed by atoms with Gasteiger partial charge in [0.05, 0.1) is 11.6 Å². The monoisotopic (exact) mass is 490 g/mol. The van der Waals surface area contributed by atoms with Gasteiger partial charge in [-0.25, -0.2) is 0 Å². The van der Waals surface area contributed by atoms with Crippen LogP contribution < -0.4 is 4.74 Å². The minimum Gasteiger partial charge on any atom is -0.507 e. The van der Waals surface area contributed by atoms with Crippen LogP contribution in [0.5, 0.6) is 5.75 Å². The van der Waals surface area contributed by atoms with Gasteiger partial charge in [-0.05, 0) is 60.8 Å². The summed E-state index contributed by atoms with van der Waals surface area (Å²) in [4.78, 5) is 30.4. The molecule has 1 aliphatic rings. The van der Waals surface area contributed by atoms with Crippen molar-refractivity contribution in [2.75, 3.05) is 32.8 Å². The molecule has 6 heteroatoms. The van der Waals surface area contributed by atoms with Gasteiger partial charge in [-0.2, -0.15) is 0 Å². The second-order valence-corrected chi connectivity index (χ2v) is 9.42. The third-order valence-corrected chi connectivity index (χ3v) is 6.83. The maximum atomic E-state index is 13.3. The van der Waals surface area contributed by atoms with Crippen molar-refractivity contribution in [2.24, 2.45) is 0 Å². The fraction of sp³-hybridized carbons (Fsp3) is 0.400. The average Bonchev–Trinajstić information content (AvgIpc) is 3.12. The van der Waals surface area contributed by atoms with Gasteiger partial charge in [0.25, 0.3) is 11.7 Å². The van der Waals surface area contributed by atoms with Crippen molar-refractivity contribution < 1.29 is 19.4 Å². The molecule has 1 N–H and O–H groups in total. The Kier molecular flexibility index (Phi) is 9.10. The molecule has 0 bridgehead atoms. The Labute approximate surface area is 214 Å². The number of likely N-dealkylation sites (N-methyl/N-ethyl adjacent to an activating group) is 1. The van der Waals surface area contributed by atoms with Crippen LogP contribution in [-0.4, -0.2) is 59.4 Å². The lowest BCUT2D eigenvalue weighted by atomic mass is 9.92. The van der Waals surface area contributed by atoms with Crippen molar-refractivity contribution in [3.8, 4) is 5.75 Å². The SMILES string of the molecule is C=CCOc1ccc(C(O)=C2C(=O)C(=O)N(CCN(CC)CC)C2c2ccc(C(C)C)cc2)c(C)c1. The number of benzene rings is 2. The van der Waals surface area contributed by atoms with E-state index in [-0.39, 0.29) is 11.3 Å². The molecule has 1 aliphatic heterocycles. The number of amides is 1. The van der Waals surface area contributed by atoms with Crippen LogP contribution >= 0.6 is 0 Å². The first-order chi connectivity index (χ1) is 17.2. The molecule has 1 unspecified atom stereocenters. The molecule has 0 aromatic heterocycles. The lowest BCUT2D eigenvalue weighted by molar-refractivity contribution is -0.140. The Hall–Kier alpha value is -3.38. The molecule has 1 amide bonds. The van der Waals surface area contributed by atoms with Crippen LogP contribution in [0.3, 0.4) is 0 Å². The average molecular weight is 491 g/mol. The fourth-order valence-electron chi connectivity index (χ4n) is 4.60. The first kappa shape index (κ1) is 27.2. The van der Waals surface area contributed by atoms with Crippen molar-refractivity contribution in [3.63, 3.8) is 0 Å². The van der Waals surface area contributed by atoms with Crippen molar-refractivity contribution in [1.82, 2.24) is 9.80 Å². The van der Waals surface area contributed by atoms with Gasteiger partial charge >= 0.3 is 0 Å². The zero-order chi connectivity index (χ0) is 26.4. The number of Topliss-reactive ketones (excluding diaryl/α,β-unsaturated/α-hetero) is 1. The zero-order valence-electron chi connectivity index (χ0n) is 22.1. The quantitative estimate of drug-likeness (QED) is 0.196. The smallest absolute Gasteiger partial charge is 0.295 e. The molecule has 2 aromatic rings. The van der Waals surface area contributed by atoms with Crippen LogP contribution in [0.4, 0.5) is 0 Å². The highest BCUT2D eigenvalue weighted by atomic mass is 16.5. The standard InChI is InChI=1S/C30H38N2O4/c1-7-18-36-24-14-15-25(21(6)19-24)28(33)26-27(23-12-10-22(11-13-23)20(4)5)32(30(35)29(26)34)17-16-31(8-2)9-3/h7,10-15,19-20,27,33H,1,8-9,16-18H2,2-6H3. The molecule has 0 aliphatic carbocycles. The summed E-state index contributed by atoms with van der Waals surface area (Å²) in [6.45, 7) is 17.0. The van der Waals surface area contributed by atoms with Gasteiger partial charge in [-0.15, -0.1) is 0 Å². The first-order valence-electron chi connectivity index (χ1n) is 12.7. The number of aliphatic hydroxyl groups is 1. The Morgan fingerprint density at radius 2 is 1.81 bits per heavy atom. The summed E-state index contributed by atoms with van der Waals surface area (Å²) in [6.07, 6.45) is 1.66. The number of hydrogen-bond acceptors (Lipinski definition) is 5. The van der Waals surface area contributed by atoms with E-state index in [2.05, 4.69) is 39.2 Å². The molecule has 1 saturated heterocycles. The summed E-state index contributed by atoms with van der Waals surface area (Å²) in [5.74, 6) is -0.395. The number of ketones is 1. The van der Waals surface area contributed by atoms with Gasteiger partial charge in [0.2, 0.25) is 0 Å². The number of nitrogens with zero attached hydrogens (tertiary/aromatic N) is 2. The molecule has 1 atom stereocenters. The van der Waals surface area contributed by atoms with Crippen LogP contribution in [0, 0.1) is 6.92 Å². The Morgan fingerprint density at radius 1 is 1.14 bits per heavy atom. The third kappa shape index (κ3) is 5.71. The molecule has 192 valence electrons. The van der Waals surface area contributed by atoms with E-state index in [1.165, 1.54) is 5.56 Å². The van der Waals surface area contributed by atoms with Gasteiger partial charge in [0, 0.05) is 18.7 Å². The summed E-state index contributed by atoms with van der Waals surface area (Å²) < 4.78 is 5.60. The predicted octanol–water partition coefficient (Wildman–Crippen LogP) is 5.45. The second-order valence-electron chi connectivity index (χ2n) is 9.42. The molecule has 0 spiro atoms. The number of likely N-dealkylation sites (tertiary alicyclic amines) is 1. The maximum absolute atomic E-state index is 13.3. The van der Waals surface area contributed by atoms with Gasteiger partial charge < -0.3 is 19.6 Å². The van der Waals surface area contributed by atoms with Crippen molar-refractivity contribution in [2.45, 2.75) is 46.6 Å². The highest BCUT2D eigenvalue weighted by Crippen LogP contribution is 2.40. The lowest BCUT2D eigenvalue weighted by Crippen LogP contribution is -2.38. The predicted molar refractivity (Wildman–Crippen MR) is 144 cm³/mol. The molecule has 1 fully saturated rings. The fourth-order valence-corrected chi connectivity index (χ4v) is 4.60. The minimum absolute atomic E-state index is 0.125. The maximum Gasteiger partial charge on any atom is 0.295 e. The number of carbonyl (C=O) groups is 2. The largest absolute Gasteiger partial charge is 0.507 e. The number of rotatable bonds is 11. The lowest BCUT2D eigenvalue weighted by Gasteiger charge is -2.28. The number of carbonyl (C=O) groups excluding carboxylic acids is 2. The highest BCUT2D eigenvalue weighted by molar-refractivity contribution is 6.46. The summed E-state index contributed by atoms with van der Waals surface area (Å²) in [6, 6.07) is 12.6. The number of hydrogen-bond donors (Lipinski definition) is 1. The third-order valence-electron chi connectivity index (χ3n) is 6.83. The van der Waals surface area contributed by atoms with Crippen molar-refractivity contribution in [3.05, 3.63) is 82.9 Å². The number of aryl methyl sites for hydroxylation is 1. The van der Waals surface area contributed by atoms with Crippen LogP contribution in [-0.2, 0) is 9.59 Å². The summed E-state index contributed by atoms with van der Waals surface area (Å²) >= 11 is 0. The molecule has 2 aromatic carbocycles. The van der Waals surface area contributed by atoms with E-state index < -0.39 is 17.7 Å². The molecular formula is C30H38N2O4. The second kappa shape index (κ2) is 12.0. The molecule has 0 radical (unpaired) electrons. The van der Waals surface area contributed by atoms with E-state index in [4.69, 9.17) is 4.74 Å². The number of ether oxygens (including phenoxy) is 1. The summed E-state index contributed by atoms with van der Waals surface area (Å²) in [5, 5.41) is 11.4. The van der Waals surface area contributed by atoms with E-state index in [0.717, 1.165) is 24.2 Å². The first-order valence-corrected chi connectivity index (χ1v) is 12.7. The normalized spacial score (nSPS) is 17.3. The van der Waals surface area contributed by atoms with Gasteiger partial charge in [-0.3, -0.25) is 9.59 Å². The van der Waals surface area contributed by atoms with Crippen molar-refractivity contribution >= 4 is 17.4 Å². The topological polar surface area (TPSA) is 70.1 Å². The molecule has 3 rings (SSSR count). The Bertz CT molecular complexity index is 1130. The van der Waals surface area contributed by atoms with Gasteiger partial charge in [0.15, 0.2) is 0 Å². The summed E-state index contributed by atoms with van der Waals surface area (Å²) in [7, 11) is 0. The van der Waals surface area contributed by atoms with E-state index >= 15 is 0 Å². The van der Waals surface area contributed by atoms with Gasteiger partial charge in [0.1, 0.15) is 18.1 Å². The molecular weight excluding hydrogens is 452 g/mol. The van der Waals surface area contributed by atoms with E-state index in [1.54, 1.807) is 29.2 Å². The van der Waals surface area contributed by atoms with Crippen LogP contribution in [0.25, 0.3) is 5.76 Å². The zero-order valence-corrected chi connectivity index (χ0v) is 22.1. The van der Waals surface area contributed by atoms with Crippen LogP contribution in [0.15, 0.2) is 60.7 Å². The summed E-state index contributed by atoms with van der Waals surface area (Å²) in [5.41, 5.74) is 3.36. The molecule has 0 saturated carbocycles. The highest BCUT2D eigenvalue weighted by Gasteiger charge is 2.46. The van der Waals surface area contributed by atoms with E-state index in [9.17, 15) is 14.7 Å². The molecule has 6 nitrogen and oxygen atoms in total. The van der Waals surface area contributed by atoms with Crippen molar-refractivity contribution in [1.29, 1.82) is 0 Å². The van der Waals surface area contributed by atoms with E-state index in [0.29, 0.717) is 36.9 Å².